The van der Waals surface area contributed by atoms with Crippen molar-refractivity contribution < 1.29 is 0 Å². The Morgan fingerprint density at radius 1 is 0.528 bits per heavy atom. The number of hydrogen-bond acceptors (Lipinski definition) is 2. The van der Waals surface area contributed by atoms with E-state index in [1.807, 2.05) is 0 Å². The lowest BCUT2D eigenvalue weighted by molar-refractivity contribution is 0.834. The highest BCUT2D eigenvalue weighted by Gasteiger charge is 2.17. The van der Waals surface area contributed by atoms with Gasteiger partial charge in [0.1, 0.15) is 0 Å². The lowest BCUT2D eigenvalue weighted by Gasteiger charge is -2.19. The highest BCUT2D eigenvalue weighted by atomic mass is 14.8. The van der Waals surface area contributed by atoms with Crippen molar-refractivity contribution in [3.63, 3.8) is 0 Å². The molecular formula is C34H44N2. The first-order valence-electron chi connectivity index (χ1n) is 13.5. The number of aliphatic imine (C=N–C) groups is 2. The van der Waals surface area contributed by atoms with Crippen LogP contribution in [0.2, 0.25) is 0 Å². The molecule has 0 aliphatic carbocycles. The van der Waals surface area contributed by atoms with E-state index < -0.39 is 0 Å². The van der Waals surface area contributed by atoms with E-state index in [0.29, 0.717) is 30.1 Å². The summed E-state index contributed by atoms with van der Waals surface area (Å²) in [5.41, 5.74) is 10.8. The molecule has 2 nitrogen and oxygen atoms in total. The minimum absolute atomic E-state index is 0.403. The molecule has 3 aromatic carbocycles. The van der Waals surface area contributed by atoms with Crippen LogP contribution in [0, 0.1) is 0 Å². The highest BCUT2D eigenvalue weighted by molar-refractivity contribution is 6.13. The summed E-state index contributed by atoms with van der Waals surface area (Å²) in [5, 5.41) is 0. The molecule has 2 heteroatoms. The summed E-state index contributed by atoms with van der Waals surface area (Å²) in [4.78, 5) is 10.7. The normalized spacial score (nSPS) is 12.9. The van der Waals surface area contributed by atoms with Crippen molar-refractivity contribution in [1.82, 2.24) is 0 Å². The summed E-state index contributed by atoms with van der Waals surface area (Å²) in [6, 6.07) is 23.9. The molecule has 0 saturated heterocycles. The van der Waals surface area contributed by atoms with Gasteiger partial charge in [-0.15, -0.1) is 0 Å². The van der Waals surface area contributed by atoms with E-state index in [9.17, 15) is 0 Å². The van der Waals surface area contributed by atoms with Crippen LogP contribution in [0.3, 0.4) is 0 Å². The van der Waals surface area contributed by atoms with Crippen molar-refractivity contribution in [2.75, 3.05) is 0 Å². The van der Waals surface area contributed by atoms with Crippen LogP contribution in [0.4, 0.5) is 11.4 Å². The number of nitrogens with zero attached hydrogens (tertiary/aromatic N) is 2. The van der Waals surface area contributed by atoms with E-state index in [1.54, 1.807) is 0 Å². The van der Waals surface area contributed by atoms with E-state index in [0.717, 1.165) is 28.4 Å². The molecule has 3 rings (SSSR count). The molecule has 0 unspecified atom stereocenters. The zero-order valence-corrected chi connectivity index (χ0v) is 23.8. The maximum Gasteiger partial charge on any atom is 0.0702 e. The van der Waals surface area contributed by atoms with E-state index in [2.05, 4.69) is 129 Å². The van der Waals surface area contributed by atoms with Crippen molar-refractivity contribution in [2.24, 2.45) is 9.98 Å². The molecule has 0 N–H and O–H groups in total. The second kappa shape index (κ2) is 12.3. The zero-order valence-electron chi connectivity index (χ0n) is 23.8. The molecular weight excluding hydrogens is 436 g/mol. The number of rotatable bonds is 9. The summed E-state index contributed by atoms with van der Waals surface area (Å²) < 4.78 is 0. The van der Waals surface area contributed by atoms with Gasteiger partial charge in [-0.05, 0) is 58.4 Å². The first-order chi connectivity index (χ1) is 17.1. The summed E-state index contributed by atoms with van der Waals surface area (Å²) >= 11 is 0. The van der Waals surface area contributed by atoms with Crippen molar-refractivity contribution >= 4 is 22.8 Å². The summed E-state index contributed by atoms with van der Waals surface area (Å²) in [5.74, 6) is 1.65. The molecule has 190 valence electrons. The fourth-order valence-electron chi connectivity index (χ4n) is 4.73. The molecule has 0 atom stereocenters. The largest absolute Gasteiger partial charge is 0.257 e. The first kappa shape index (κ1) is 27.6. The third-order valence-corrected chi connectivity index (χ3v) is 6.76. The van der Waals surface area contributed by atoms with Crippen LogP contribution in [-0.4, -0.2) is 11.4 Å². The third-order valence-electron chi connectivity index (χ3n) is 6.76. The second-order valence-corrected chi connectivity index (χ2v) is 11.1. The van der Waals surface area contributed by atoms with Gasteiger partial charge in [0.15, 0.2) is 0 Å². The smallest absolute Gasteiger partial charge is 0.0702 e. The quantitative estimate of drug-likeness (QED) is 0.272. The molecule has 0 spiro atoms. The Kier molecular flexibility index (Phi) is 9.43. The Morgan fingerprint density at radius 3 is 1.31 bits per heavy atom. The van der Waals surface area contributed by atoms with Crippen molar-refractivity contribution in [1.29, 1.82) is 0 Å². The van der Waals surface area contributed by atoms with Crippen LogP contribution >= 0.6 is 0 Å². The fraction of sp³-hybridized carbons (Fsp3) is 0.412. The van der Waals surface area contributed by atoms with Gasteiger partial charge >= 0.3 is 0 Å². The molecule has 0 aliphatic heterocycles. The Hall–Kier alpha value is -3.00. The summed E-state index contributed by atoms with van der Waals surface area (Å²) in [6.07, 6.45) is 0.706. The van der Waals surface area contributed by atoms with Gasteiger partial charge in [0.2, 0.25) is 0 Å². The minimum atomic E-state index is 0.403. The monoisotopic (exact) mass is 480 g/mol. The van der Waals surface area contributed by atoms with Gasteiger partial charge in [0.25, 0.3) is 0 Å². The average Bonchev–Trinajstić information content (AvgIpc) is 2.83. The maximum atomic E-state index is 5.40. The fourth-order valence-corrected chi connectivity index (χ4v) is 4.73. The summed E-state index contributed by atoms with van der Waals surface area (Å²) in [6.45, 7) is 20.2. The molecule has 36 heavy (non-hydrogen) atoms. The van der Waals surface area contributed by atoms with Crippen LogP contribution in [0.15, 0.2) is 76.7 Å². The van der Waals surface area contributed by atoms with Gasteiger partial charge in [-0.25, -0.2) is 0 Å². The third kappa shape index (κ3) is 6.60. The van der Waals surface area contributed by atoms with E-state index in [4.69, 9.17) is 9.98 Å². The van der Waals surface area contributed by atoms with Crippen molar-refractivity contribution in [3.05, 3.63) is 94.5 Å². The van der Waals surface area contributed by atoms with Gasteiger partial charge in [-0.2, -0.15) is 0 Å². The van der Waals surface area contributed by atoms with Gasteiger partial charge in [-0.1, -0.05) is 122 Å². The molecule has 0 bridgehead atoms. The number of hydrogen-bond donors (Lipinski definition) is 0. The van der Waals surface area contributed by atoms with Crippen molar-refractivity contribution in [3.8, 4) is 0 Å². The van der Waals surface area contributed by atoms with E-state index >= 15 is 0 Å². The van der Waals surface area contributed by atoms with Gasteiger partial charge in [0, 0.05) is 12.1 Å². The molecule has 3 aromatic rings. The predicted molar refractivity (Wildman–Crippen MR) is 159 cm³/mol. The maximum absolute atomic E-state index is 5.40. The van der Waals surface area contributed by atoms with Gasteiger partial charge in [-0.3, -0.25) is 9.98 Å². The van der Waals surface area contributed by atoms with Gasteiger partial charge in [0.05, 0.1) is 17.1 Å². The van der Waals surface area contributed by atoms with Crippen LogP contribution in [0.25, 0.3) is 0 Å². The summed E-state index contributed by atoms with van der Waals surface area (Å²) in [7, 11) is 0. The Balaban J connectivity index is 2.18. The molecule has 0 saturated carbocycles. The Labute approximate surface area is 219 Å². The van der Waals surface area contributed by atoms with Crippen LogP contribution in [0.5, 0.6) is 0 Å². The number of benzene rings is 3. The zero-order chi connectivity index (χ0) is 26.4. The Morgan fingerprint density at radius 2 is 0.917 bits per heavy atom. The topological polar surface area (TPSA) is 24.7 Å². The standard InChI is InChI=1S/C34H44N2/c1-22(2)28-17-13-18-29(23(3)4)33(28)35-26(9)21-32(27-15-11-10-12-16-27)36-34-30(24(5)6)19-14-20-31(34)25(7)8/h10-20,22-25H,21H2,1-9H3. The van der Waals surface area contributed by atoms with Gasteiger partial charge < -0.3 is 0 Å². The average molecular weight is 481 g/mol. The lowest BCUT2D eigenvalue weighted by Crippen LogP contribution is -2.08. The minimum Gasteiger partial charge on any atom is -0.257 e. The first-order valence-corrected chi connectivity index (χ1v) is 13.5. The Bertz CT molecular complexity index is 1160. The van der Waals surface area contributed by atoms with Crippen LogP contribution < -0.4 is 0 Å². The molecule has 0 radical (unpaired) electrons. The molecule has 0 fully saturated rings. The van der Waals surface area contributed by atoms with E-state index in [-0.39, 0.29) is 0 Å². The second-order valence-electron chi connectivity index (χ2n) is 11.1. The molecule has 0 heterocycles. The molecule has 0 aliphatic rings. The van der Waals surface area contributed by atoms with Crippen molar-refractivity contribution in [2.45, 2.75) is 92.4 Å². The SMILES string of the molecule is CC(CC(=Nc1c(C(C)C)cccc1C(C)C)c1ccccc1)=Nc1c(C(C)C)cccc1C(C)C. The lowest BCUT2D eigenvalue weighted by atomic mass is 9.92. The molecule has 0 amide bonds. The number of para-hydroxylation sites is 2. The van der Waals surface area contributed by atoms with Crippen LogP contribution in [0.1, 0.15) is 120 Å². The highest BCUT2D eigenvalue weighted by Crippen LogP contribution is 2.37. The van der Waals surface area contributed by atoms with E-state index in [1.165, 1.54) is 22.3 Å². The molecule has 0 aromatic heterocycles. The van der Waals surface area contributed by atoms with Crippen LogP contribution in [-0.2, 0) is 0 Å². The predicted octanol–water partition coefficient (Wildman–Crippen LogP) is 10.5.